The van der Waals surface area contributed by atoms with Crippen molar-refractivity contribution in [2.75, 3.05) is 0 Å². The van der Waals surface area contributed by atoms with E-state index in [0.29, 0.717) is 23.0 Å². The van der Waals surface area contributed by atoms with E-state index in [2.05, 4.69) is 88.0 Å². The SMILES string of the molecule is O=c1c2c(ccc3c4ccccc4n(-c4ccccc4)c32)c2ccc3c(c4ccccc4n3-c3nc(-c4ccccc4)nc(-c4ccccc4)n3)c2n1-c1ccccc1. The molecule has 0 fully saturated rings. The molecule has 8 aromatic carbocycles. The van der Waals surface area contributed by atoms with Gasteiger partial charge in [0.25, 0.3) is 5.56 Å². The van der Waals surface area contributed by atoms with Crippen LogP contribution in [0.15, 0.2) is 199 Å². The maximum Gasteiger partial charge on any atom is 0.265 e. The minimum absolute atomic E-state index is 0.0912. The topological polar surface area (TPSA) is 70.5 Å². The molecule has 7 heteroatoms. The fourth-order valence-corrected chi connectivity index (χ4v) is 8.99. The van der Waals surface area contributed by atoms with E-state index in [0.717, 1.165) is 82.4 Å². The van der Waals surface area contributed by atoms with Crippen LogP contribution in [0.25, 0.3) is 105 Å². The number of nitrogens with zero attached hydrogens (tertiary/aromatic N) is 6. The van der Waals surface area contributed by atoms with Gasteiger partial charge in [0.05, 0.1) is 33.0 Å². The van der Waals surface area contributed by atoms with Gasteiger partial charge in [-0.05, 0) is 47.9 Å². The summed E-state index contributed by atoms with van der Waals surface area (Å²) in [5.74, 6) is 1.64. The lowest BCUT2D eigenvalue weighted by atomic mass is 9.99. The molecule has 59 heavy (non-hydrogen) atoms. The van der Waals surface area contributed by atoms with Crippen molar-refractivity contribution in [3.8, 4) is 40.1 Å². The summed E-state index contributed by atoms with van der Waals surface area (Å²) < 4.78 is 6.28. The quantitative estimate of drug-likeness (QED) is 0.164. The third-order valence-corrected chi connectivity index (χ3v) is 11.5. The Hall–Kier alpha value is -8.16. The molecule has 0 spiro atoms. The second kappa shape index (κ2) is 12.9. The smallest absolute Gasteiger partial charge is 0.265 e. The number of hydrogen-bond acceptors (Lipinski definition) is 4. The van der Waals surface area contributed by atoms with Crippen molar-refractivity contribution in [2.24, 2.45) is 0 Å². The minimum Gasteiger partial charge on any atom is -0.308 e. The van der Waals surface area contributed by atoms with Crippen LogP contribution in [0.2, 0.25) is 0 Å². The van der Waals surface area contributed by atoms with Gasteiger partial charge in [-0.3, -0.25) is 13.9 Å². The Morgan fingerprint density at radius 1 is 0.322 bits per heavy atom. The van der Waals surface area contributed by atoms with E-state index < -0.39 is 0 Å². The van der Waals surface area contributed by atoms with Gasteiger partial charge < -0.3 is 4.57 Å². The van der Waals surface area contributed by atoms with E-state index in [1.54, 1.807) is 0 Å². The summed E-state index contributed by atoms with van der Waals surface area (Å²) in [6, 6.07) is 65.7. The number of rotatable bonds is 5. The Morgan fingerprint density at radius 3 is 1.41 bits per heavy atom. The Labute approximate surface area is 337 Å². The van der Waals surface area contributed by atoms with Crippen LogP contribution in [0.3, 0.4) is 0 Å². The molecule has 4 heterocycles. The first-order chi connectivity index (χ1) is 29.2. The zero-order chi connectivity index (χ0) is 39.0. The summed E-state index contributed by atoms with van der Waals surface area (Å²) in [5.41, 5.74) is 8.04. The van der Waals surface area contributed by atoms with Crippen LogP contribution in [0.5, 0.6) is 0 Å². The third-order valence-electron chi connectivity index (χ3n) is 11.5. The van der Waals surface area contributed by atoms with Gasteiger partial charge in [-0.1, -0.05) is 152 Å². The maximum absolute atomic E-state index is 15.8. The average molecular weight is 757 g/mol. The van der Waals surface area contributed by atoms with Crippen LogP contribution in [-0.4, -0.2) is 28.7 Å². The Kier molecular flexibility index (Phi) is 7.24. The highest BCUT2D eigenvalue weighted by atomic mass is 16.1. The van der Waals surface area contributed by atoms with Crippen LogP contribution in [0.1, 0.15) is 0 Å². The molecule has 0 bridgehead atoms. The van der Waals surface area contributed by atoms with Crippen molar-refractivity contribution >= 4 is 65.3 Å². The first kappa shape index (κ1) is 33.0. The molecule has 4 aromatic heterocycles. The van der Waals surface area contributed by atoms with Crippen molar-refractivity contribution in [3.63, 3.8) is 0 Å². The number of aromatic nitrogens is 6. The van der Waals surface area contributed by atoms with E-state index in [4.69, 9.17) is 15.0 Å². The predicted octanol–water partition coefficient (Wildman–Crippen LogP) is 11.9. The molecule has 0 atom stereocenters. The summed E-state index contributed by atoms with van der Waals surface area (Å²) in [6.07, 6.45) is 0. The van der Waals surface area contributed by atoms with Crippen LogP contribution in [0, 0.1) is 0 Å². The lowest BCUT2D eigenvalue weighted by Crippen LogP contribution is -2.20. The van der Waals surface area contributed by atoms with Crippen molar-refractivity contribution in [2.45, 2.75) is 0 Å². The molecule has 0 aliphatic rings. The van der Waals surface area contributed by atoms with Gasteiger partial charge >= 0.3 is 0 Å². The van der Waals surface area contributed by atoms with E-state index >= 15 is 4.79 Å². The van der Waals surface area contributed by atoms with E-state index in [9.17, 15) is 0 Å². The Morgan fingerprint density at radius 2 is 0.780 bits per heavy atom. The van der Waals surface area contributed by atoms with Gasteiger partial charge in [0.15, 0.2) is 11.6 Å². The lowest BCUT2D eigenvalue weighted by Gasteiger charge is -2.17. The summed E-state index contributed by atoms with van der Waals surface area (Å²) in [7, 11) is 0. The molecule has 12 rings (SSSR count). The molecule has 0 N–H and O–H groups in total. The molecule has 7 nitrogen and oxygen atoms in total. The molecule has 0 aliphatic heterocycles. The van der Waals surface area contributed by atoms with Gasteiger partial charge in [-0.15, -0.1) is 0 Å². The lowest BCUT2D eigenvalue weighted by molar-refractivity contribution is 0.953. The van der Waals surface area contributed by atoms with Crippen molar-refractivity contribution < 1.29 is 0 Å². The molecule has 12 aromatic rings. The molecule has 0 amide bonds. The molecule has 0 saturated carbocycles. The Bertz CT molecular complexity index is 3610. The molecule has 0 saturated heterocycles. The van der Waals surface area contributed by atoms with Crippen LogP contribution >= 0.6 is 0 Å². The molecular weight excluding hydrogens is 725 g/mol. The van der Waals surface area contributed by atoms with Gasteiger partial charge in [0.1, 0.15) is 0 Å². The highest BCUT2D eigenvalue weighted by Crippen LogP contribution is 2.42. The zero-order valence-electron chi connectivity index (χ0n) is 31.6. The fraction of sp³-hybridized carbons (Fsp3) is 0. The second-order valence-corrected chi connectivity index (χ2v) is 14.8. The highest BCUT2D eigenvalue weighted by molar-refractivity contribution is 6.28. The van der Waals surface area contributed by atoms with Crippen molar-refractivity contribution in [1.82, 2.24) is 28.7 Å². The zero-order valence-corrected chi connectivity index (χ0v) is 31.6. The van der Waals surface area contributed by atoms with E-state index in [1.807, 2.05) is 120 Å². The fourth-order valence-electron chi connectivity index (χ4n) is 8.99. The normalized spacial score (nSPS) is 11.8. The minimum atomic E-state index is -0.0912. The van der Waals surface area contributed by atoms with E-state index in [1.165, 1.54) is 0 Å². The van der Waals surface area contributed by atoms with Gasteiger partial charge in [0, 0.05) is 49.4 Å². The number of fused-ring (bicyclic) bond motifs is 11. The average Bonchev–Trinajstić information content (AvgIpc) is 3.83. The number of pyridine rings is 1. The van der Waals surface area contributed by atoms with Crippen LogP contribution in [0.4, 0.5) is 0 Å². The molecule has 0 aliphatic carbocycles. The summed E-state index contributed by atoms with van der Waals surface area (Å²) in [4.78, 5) is 31.1. The molecule has 0 unspecified atom stereocenters. The van der Waals surface area contributed by atoms with E-state index in [-0.39, 0.29) is 5.56 Å². The second-order valence-electron chi connectivity index (χ2n) is 14.8. The molecule has 0 radical (unpaired) electrons. The summed E-state index contributed by atoms with van der Waals surface area (Å²) >= 11 is 0. The van der Waals surface area contributed by atoms with Gasteiger partial charge in [0.2, 0.25) is 5.95 Å². The maximum atomic E-state index is 15.8. The van der Waals surface area contributed by atoms with Gasteiger partial charge in [-0.25, -0.2) is 4.98 Å². The Balaban J connectivity index is 1.26. The first-order valence-electron chi connectivity index (χ1n) is 19.7. The largest absolute Gasteiger partial charge is 0.308 e. The van der Waals surface area contributed by atoms with Crippen molar-refractivity contribution in [1.29, 1.82) is 0 Å². The highest BCUT2D eigenvalue weighted by Gasteiger charge is 2.25. The van der Waals surface area contributed by atoms with Gasteiger partial charge in [-0.2, -0.15) is 9.97 Å². The predicted molar refractivity (Wildman–Crippen MR) is 240 cm³/mol. The third kappa shape index (κ3) is 4.95. The molecular formula is C52H32N6O. The summed E-state index contributed by atoms with van der Waals surface area (Å²) in [5, 5.41) is 6.58. The van der Waals surface area contributed by atoms with Crippen LogP contribution in [-0.2, 0) is 0 Å². The van der Waals surface area contributed by atoms with Crippen LogP contribution < -0.4 is 5.56 Å². The summed E-state index contributed by atoms with van der Waals surface area (Å²) in [6.45, 7) is 0. The van der Waals surface area contributed by atoms with Crippen molar-refractivity contribution in [3.05, 3.63) is 204 Å². The number of para-hydroxylation sites is 4. The number of benzene rings is 8. The first-order valence-corrected chi connectivity index (χ1v) is 19.7. The molecule has 276 valence electrons. The standard InChI is InChI=1S/C52H32N6O/c59-51-46-38(29-30-39-37-25-13-15-27-42(37)56(48(39)46)35-21-9-3-10-22-35)40-31-32-44-45(47(40)57(51)36-23-11-4-12-24-36)41-26-14-16-28-43(41)58(44)52-54-49(33-17-5-1-6-18-33)53-50(55-52)34-19-7-2-8-20-34/h1-32H. The number of hydrogen-bond donors (Lipinski definition) is 0. The monoisotopic (exact) mass is 756 g/mol.